The third-order valence-electron chi connectivity index (χ3n) is 2.14. The fourth-order valence-corrected chi connectivity index (χ4v) is 3.96. The van der Waals surface area contributed by atoms with E-state index in [1.54, 1.807) is 31.2 Å². The quantitative estimate of drug-likeness (QED) is 0.832. The van der Waals surface area contributed by atoms with Crippen molar-refractivity contribution < 1.29 is 8.42 Å². The normalized spacial score (nSPS) is 11.7. The van der Waals surface area contributed by atoms with Gasteiger partial charge in [0.05, 0.1) is 16.4 Å². The van der Waals surface area contributed by atoms with Crippen molar-refractivity contribution in [3.05, 3.63) is 28.7 Å². The number of nitrogens with zero attached hydrogens (tertiary/aromatic N) is 1. The van der Waals surface area contributed by atoms with E-state index in [1.165, 1.54) is 4.31 Å². The number of nitrogens with two attached hydrogens (primary N) is 1. The lowest BCUT2D eigenvalue weighted by atomic mass is 10.4. The summed E-state index contributed by atoms with van der Waals surface area (Å²) < 4.78 is 26.4. The molecule has 0 atom stereocenters. The Kier molecular flexibility index (Phi) is 5.05. The van der Waals surface area contributed by atoms with Gasteiger partial charge in [-0.1, -0.05) is 31.3 Å². The van der Waals surface area contributed by atoms with Gasteiger partial charge in [0, 0.05) is 11.0 Å². The smallest absolute Gasteiger partial charge is 0.244 e. The zero-order chi connectivity index (χ0) is 13.1. The summed E-state index contributed by atoms with van der Waals surface area (Å²) in [5.74, 6) is 0. The standard InChI is InChI=1S/C10H13BrN2O2S2/c1-2-13(7-10(12)16)17(14,15)9-6-4-3-5-8(9)11/h3-6H,2,7H2,1H3,(H2,12,16). The van der Waals surface area contributed by atoms with E-state index in [4.69, 9.17) is 18.0 Å². The van der Waals surface area contributed by atoms with Crippen molar-refractivity contribution >= 4 is 43.2 Å². The first-order chi connectivity index (χ1) is 7.89. The molecule has 0 aliphatic heterocycles. The molecule has 0 saturated carbocycles. The largest absolute Gasteiger partial charge is 0.392 e. The number of hydrogen-bond donors (Lipinski definition) is 1. The van der Waals surface area contributed by atoms with Crippen LogP contribution >= 0.6 is 28.1 Å². The van der Waals surface area contributed by atoms with E-state index >= 15 is 0 Å². The van der Waals surface area contributed by atoms with E-state index in [2.05, 4.69) is 15.9 Å². The molecule has 0 aliphatic rings. The van der Waals surface area contributed by atoms with E-state index < -0.39 is 10.0 Å². The van der Waals surface area contributed by atoms with Crippen molar-refractivity contribution in [2.45, 2.75) is 11.8 Å². The second-order valence-electron chi connectivity index (χ2n) is 3.33. The van der Waals surface area contributed by atoms with E-state index in [1.807, 2.05) is 0 Å². The highest BCUT2D eigenvalue weighted by atomic mass is 79.9. The van der Waals surface area contributed by atoms with Crippen molar-refractivity contribution in [2.24, 2.45) is 5.73 Å². The van der Waals surface area contributed by atoms with Crippen LogP contribution in [0.5, 0.6) is 0 Å². The topological polar surface area (TPSA) is 63.4 Å². The molecule has 2 N–H and O–H groups in total. The van der Waals surface area contributed by atoms with Crippen LogP contribution in [0.4, 0.5) is 0 Å². The van der Waals surface area contributed by atoms with E-state index in [9.17, 15) is 8.42 Å². The number of sulfonamides is 1. The molecule has 94 valence electrons. The van der Waals surface area contributed by atoms with Crippen LogP contribution in [0.15, 0.2) is 33.6 Å². The number of likely N-dealkylation sites (N-methyl/N-ethyl adjacent to an activating group) is 1. The predicted octanol–water partition coefficient (Wildman–Crippen LogP) is 1.75. The number of hydrogen-bond acceptors (Lipinski definition) is 3. The lowest BCUT2D eigenvalue weighted by Gasteiger charge is -2.20. The molecule has 1 aromatic carbocycles. The molecule has 0 amide bonds. The third kappa shape index (κ3) is 3.48. The van der Waals surface area contributed by atoms with Gasteiger partial charge >= 0.3 is 0 Å². The summed E-state index contributed by atoms with van der Waals surface area (Å²) in [5.41, 5.74) is 5.40. The molecular weight excluding hydrogens is 324 g/mol. The Labute approximate surface area is 115 Å². The Bertz CT molecular complexity index is 517. The summed E-state index contributed by atoms with van der Waals surface area (Å²) in [7, 11) is -3.56. The average Bonchev–Trinajstić information content (AvgIpc) is 2.25. The summed E-state index contributed by atoms with van der Waals surface area (Å²) in [6.07, 6.45) is 0. The fraction of sp³-hybridized carbons (Fsp3) is 0.300. The molecule has 1 rings (SSSR count). The molecule has 0 bridgehead atoms. The maximum atomic E-state index is 12.3. The Morgan fingerprint density at radius 2 is 2.06 bits per heavy atom. The van der Waals surface area contributed by atoms with Gasteiger partial charge in [-0.2, -0.15) is 4.31 Å². The van der Waals surface area contributed by atoms with Crippen LogP contribution in [0.25, 0.3) is 0 Å². The maximum Gasteiger partial charge on any atom is 0.244 e. The monoisotopic (exact) mass is 336 g/mol. The van der Waals surface area contributed by atoms with Gasteiger partial charge < -0.3 is 5.73 Å². The first-order valence-corrected chi connectivity index (χ1v) is 7.56. The predicted molar refractivity (Wildman–Crippen MR) is 75.4 cm³/mol. The Morgan fingerprint density at radius 3 is 2.53 bits per heavy atom. The summed E-state index contributed by atoms with van der Waals surface area (Å²) in [4.78, 5) is 0.376. The second kappa shape index (κ2) is 5.90. The van der Waals surface area contributed by atoms with Crippen molar-refractivity contribution in [1.29, 1.82) is 0 Å². The van der Waals surface area contributed by atoms with Crippen molar-refractivity contribution in [3.63, 3.8) is 0 Å². The molecule has 0 radical (unpaired) electrons. The Morgan fingerprint density at radius 1 is 1.47 bits per heavy atom. The first-order valence-electron chi connectivity index (χ1n) is 4.92. The number of halogens is 1. The zero-order valence-electron chi connectivity index (χ0n) is 9.26. The lowest BCUT2D eigenvalue weighted by Crippen LogP contribution is -2.37. The van der Waals surface area contributed by atoms with E-state index in [0.717, 1.165) is 0 Å². The molecule has 0 spiro atoms. The highest BCUT2D eigenvalue weighted by molar-refractivity contribution is 9.10. The van der Waals surface area contributed by atoms with Gasteiger partial charge in [0.2, 0.25) is 10.0 Å². The molecule has 1 aromatic rings. The van der Waals surface area contributed by atoms with E-state index in [0.29, 0.717) is 11.0 Å². The Hall–Kier alpha value is -0.500. The molecule has 0 aromatic heterocycles. The van der Waals surface area contributed by atoms with Crippen molar-refractivity contribution in [1.82, 2.24) is 4.31 Å². The van der Waals surface area contributed by atoms with Crippen molar-refractivity contribution in [2.75, 3.05) is 13.1 Å². The number of benzene rings is 1. The van der Waals surface area contributed by atoms with Crippen LogP contribution in [-0.2, 0) is 10.0 Å². The number of thiocarbonyl (C=S) groups is 1. The lowest BCUT2D eigenvalue weighted by molar-refractivity contribution is 0.467. The summed E-state index contributed by atoms with van der Waals surface area (Å²) in [5, 5.41) is 0. The van der Waals surface area contributed by atoms with Crippen LogP contribution in [0.3, 0.4) is 0 Å². The van der Waals surface area contributed by atoms with Gasteiger partial charge in [-0.05, 0) is 28.1 Å². The highest BCUT2D eigenvalue weighted by Gasteiger charge is 2.25. The molecule has 0 fully saturated rings. The average molecular weight is 337 g/mol. The summed E-state index contributed by atoms with van der Waals surface area (Å²) in [6.45, 7) is 2.11. The van der Waals surface area contributed by atoms with Crippen LogP contribution in [0.2, 0.25) is 0 Å². The third-order valence-corrected chi connectivity index (χ3v) is 5.20. The summed E-state index contributed by atoms with van der Waals surface area (Å²) in [6, 6.07) is 6.66. The van der Waals surface area contributed by atoms with Gasteiger partial charge in [-0.15, -0.1) is 0 Å². The molecule has 0 saturated heterocycles. The first kappa shape index (κ1) is 14.6. The molecule has 0 unspecified atom stereocenters. The van der Waals surface area contributed by atoms with Gasteiger partial charge in [0.1, 0.15) is 0 Å². The molecule has 0 heterocycles. The molecule has 0 aliphatic carbocycles. The second-order valence-corrected chi connectivity index (χ2v) is 6.61. The molecule has 17 heavy (non-hydrogen) atoms. The van der Waals surface area contributed by atoms with Crippen LogP contribution in [-0.4, -0.2) is 30.8 Å². The minimum atomic E-state index is -3.56. The Balaban J connectivity index is 3.18. The molecular formula is C10H13BrN2O2S2. The van der Waals surface area contributed by atoms with Crippen LogP contribution < -0.4 is 5.73 Å². The van der Waals surface area contributed by atoms with Crippen LogP contribution in [0, 0.1) is 0 Å². The van der Waals surface area contributed by atoms with Gasteiger partial charge in [-0.3, -0.25) is 0 Å². The van der Waals surface area contributed by atoms with Gasteiger partial charge in [0.15, 0.2) is 0 Å². The molecule has 7 heteroatoms. The van der Waals surface area contributed by atoms with Gasteiger partial charge in [0.25, 0.3) is 0 Å². The maximum absolute atomic E-state index is 12.3. The van der Waals surface area contributed by atoms with E-state index in [-0.39, 0.29) is 16.4 Å². The number of rotatable bonds is 5. The minimum Gasteiger partial charge on any atom is -0.392 e. The fourth-order valence-electron chi connectivity index (χ4n) is 1.33. The minimum absolute atomic E-state index is 0.0511. The summed E-state index contributed by atoms with van der Waals surface area (Å²) >= 11 is 7.98. The highest BCUT2D eigenvalue weighted by Crippen LogP contribution is 2.24. The molecule has 4 nitrogen and oxygen atoms in total. The SMILES string of the molecule is CCN(CC(N)=S)S(=O)(=O)c1ccccc1Br. The van der Waals surface area contributed by atoms with Gasteiger partial charge in [-0.25, -0.2) is 8.42 Å². The van der Waals surface area contributed by atoms with Crippen molar-refractivity contribution in [3.8, 4) is 0 Å². The zero-order valence-corrected chi connectivity index (χ0v) is 12.5. The van der Waals surface area contributed by atoms with Crippen LogP contribution in [0.1, 0.15) is 6.92 Å².